The fraction of sp³-hybridized carbons (Fsp3) is 0.846. The van der Waals surface area contributed by atoms with Crippen molar-refractivity contribution < 1.29 is 14.7 Å². The van der Waals surface area contributed by atoms with E-state index in [1.807, 2.05) is 6.92 Å². The van der Waals surface area contributed by atoms with Gasteiger partial charge in [-0.1, -0.05) is 0 Å². The maximum atomic E-state index is 12.4. The van der Waals surface area contributed by atoms with Gasteiger partial charge in [0.15, 0.2) is 0 Å². The maximum absolute atomic E-state index is 12.4. The molecule has 0 radical (unpaired) electrons. The molecule has 0 bridgehead atoms. The van der Waals surface area contributed by atoms with E-state index < -0.39 is 6.10 Å². The number of rotatable bonds is 4. The quantitative estimate of drug-likeness (QED) is 0.825. The molecule has 0 aliphatic carbocycles. The van der Waals surface area contributed by atoms with Gasteiger partial charge in [0.1, 0.15) is 6.04 Å². The van der Waals surface area contributed by atoms with Gasteiger partial charge in [-0.3, -0.25) is 9.59 Å². The Balaban J connectivity index is 2.02. The molecule has 6 heteroatoms. The van der Waals surface area contributed by atoms with Crippen LogP contribution in [0.4, 0.5) is 0 Å². The van der Waals surface area contributed by atoms with E-state index in [0.29, 0.717) is 25.1 Å². The molecular weight excluding hydrogens is 264 g/mol. The Kier molecular flexibility index (Phi) is 4.11. The van der Waals surface area contributed by atoms with Gasteiger partial charge in [-0.2, -0.15) is 0 Å². The summed E-state index contributed by atoms with van der Waals surface area (Å²) in [5.41, 5.74) is 0. The van der Waals surface area contributed by atoms with Crippen molar-refractivity contribution in [2.45, 2.75) is 50.1 Å². The summed E-state index contributed by atoms with van der Waals surface area (Å²) in [6.07, 6.45) is 1.53. The van der Waals surface area contributed by atoms with E-state index in [4.69, 9.17) is 0 Å². The van der Waals surface area contributed by atoms with Gasteiger partial charge in [-0.05, 0) is 26.7 Å². The second-order valence-electron chi connectivity index (χ2n) is 5.66. The molecule has 2 fully saturated rings. The lowest BCUT2D eigenvalue weighted by Crippen LogP contribution is -2.50. The highest BCUT2D eigenvalue weighted by atomic mass is 32.2. The summed E-state index contributed by atoms with van der Waals surface area (Å²) >= 11 is 1.71. The second kappa shape index (κ2) is 5.32. The lowest BCUT2D eigenvalue weighted by molar-refractivity contribution is -0.143. The number of aliphatic hydroxyl groups excluding tert-OH is 1. The van der Waals surface area contributed by atoms with Crippen molar-refractivity contribution in [3.8, 4) is 0 Å². The highest BCUT2D eigenvalue weighted by molar-refractivity contribution is 8.01. The minimum Gasteiger partial charge on any atom is -0.393 e. The van der Waals surface area contributed by atoms with E-state index in [9.17, 15) is 14.7 Å². The molecule has 108 valence electrons. The summed E-state index contributed by atoms with van der Waals surface area (Å²) < 4.78 is 0. The summed E-state index contributed by atoms with van der Waals surface area (Å²) in [4.78, 5) is 27.6. The van der Waals surface area contributed by atoms with E-state index in [1.165, 1.54) is 0 Å². The van der Waals surface area contributed by atoms with E-state index in [0.717, 1.165) is 6.42 Å². The van der Waals surface area contributed by atoms with Crippen molar-refractivity contribution >= 4 is 23.6 Å². The van der Waals surface area contributed by atoms with Crippen molar-refractivity contribution in [2.75, 3.05) is 19.3 Å². The lowest BCUT2D eigenvalue weighted by atomic mass is 10.2. The van der Waals surface area contributed by atoms with Crippen LogP contribution >= 0.6 is 11.8 Å². The molecule has 0 aromatic carbocycles. The lowest BCUT2D eigenvalue weighted by Gasteiger charge is -2.32. The van der Waals surface area contributed by atoms with Crippen molar-refractivity contribution in [3.63, 3.8) is 0 Å². The number of thioether (sulfide) groups is 1. The fourth-order valence-electron chi connectivity index (χ4n) is 2.75. The van der Waals surface area contributed by atoms with Crippen LogP contribution in [-0.4, -0.2) is 63.1 Å². The van der Waals surface area contributed by atoms with Gasteiger partial charge >= 0.3 is 0 Å². The van der Waals surface area contributed by atoms with E-state index in [2.05, 4.69) is 0 Å². The predicted octanol–water partition coefficient (Wildman–Crippen LogP) is 0.670. The zero-order valence-electron chi connectivity index (χ0n) is 11.8. The Labute approximate surface area is 118 Å². The van der Waals surface area contributed by atoms with Crippen molar-refractivity contribution in [1.29, 1.82) is 0 Å². The molecular formula is C13H22N2O3S. The first kappa shape index (κ1) is 14.7. The topological polar surface area (TPSA) is 60.9 Å². The molecule has 19 heavy (non-hydrogen) atoms. The van der Waals surface area contributed by atoms with Gasteiger partial charge in [0.2, 0.25) is 11.8 Å². The molecule has 2 amide bonds. The van der Waals surface area contributed by atoms with Crippen LogP contribution in [0.1, 0.15) is 33.1 Å². The van der Waals surface area contributed by atoms with Crippen LogP contribution in [0.2, 0.25) is 0 Å². The Morgan fingerprint density at radius 3 is 3.00 bits per heavy atom. The summed E-state index contributed by atoms with van der Waals surface area (Å²) in [7, 11) is 1.74. The average molecular weight is 286 g/mol. The van der Waals surface area contributed by atoms with Gasteiger partial charge in [0, 0.05) is 25.8 Å². The molecule has 5 nitrogen and oxygen atoms in total. The minimum absolute atomic E-state index is 0.00729. The normalized spacial score (nSPS) is 31.5. The van der Waals surface area contributed by atoms with Crippen molar-refractivity contribution in [3.05, 3.63) is 0 Å². The number of nitrogens with zero attached hydrogens (tertiary/aromatic N) is 2. The largest absolute Gasteiger partial charge is 0.393 e. The molecule has 3 atom stereocenters. The first-order chi connectivity index (χ1) is 8.85. The molecule has 0 saturated carbocycles. The number of fused-ring (bicyclic) bond motifs is 1. The molecule has 2 saturated heterocycles. The zero-order valence-corrected chi connectivity index (χ0v) is 12.6. The minimum atomic E-state index is -0.410. The highest BCUT2D eigenvalue weighted by Gasteiger charge is 2.53. The molecule has 0 aromatic heterocycles. The molecule has 2 aliphatic rings. The Morgan fingerprint density at radius 2 is 2.37 bits per heavy atom. The Hall–Kier alpha value is -0.750. The van der Waals surface area contributed by atoms with Gasteiger partial charge in [-0.25, -0.2) is 0 Å². The number of likely N-dealkylation sites (N-methyl/N-ethyl adjacent to an activating group) is 1. The monoisotopic (exact) mass is 286 g/mol. The van der Waals surface area contributed by atoms with Gasteiger partial charge in [0.05, 0.1) is 11.0 Å². The van der Waals surface area contributed by atoms with Crippen LogP contribution < -0.4 is 0 Å². The predicted molar refractivity (Wildman–Crippen MR) is 74.7 cm³/mol. The van der Waals surface area contributed by atoms with Crippen LogP contribution in [0.5, 0.6) is 0 Å². The number of carbonyl (C=O) groups is 2. The van der Waals surface area contributed by atoms with Crippen LogP contribution in [0.15, 0.2) is 0 Å². The van der Waals surface area contributed by atoms with Crippen LogP contribution in [0, 0.1) is 0 Å². The number of carbonyl (C=O) groups excluding carboxylic acids is 2. The molecule has 2 rings (SSSR count). The van der Waals surface area contributed by atoms with Gasteiger partial charge in [0.25, 0.3) is 0 Å². The van der Waals surface area contributed by atoms with E-state index in [-0.39, 0.29) is 22.7 Å². The summed E-state index contributed by atoms with van der Waals surface area (Å²) in [6.45, 7) is 4.28. The number of hydrogen-bond donors (Lipinski definition) is 1. The summed E-state index contributed by atoms with van der Waals surface area (Å²) in [5.74, 6) is 0.766. The smallest absolute Gasteiger partial charge is 0.246 e. The maximum Gasteiger partial charge on any atom is 0.246 e. The summed E-state index contributed by atoms with van der Waals surface area (Å²) in [6, 6.07) is -0.330. The summed E-state index contributed by atoms with van der Waals surface area (Å²) in [5, 5.41) is 9.28. The van der Waals surface area contributed by atoms with Gasteiger partial charge in [-0.15, -0.1) is 11.8 Å². The second-order valence-corrected chi connectivity index (χ2v) is 7.16. The zero-order chi connectivity index (χ0) is 14.2. The first-order valence-corrected chi connectivity index (χ1v) is 7.73. The van der Waals surface area contributed by atoms with E-state index >= 15 is 0 Å². The van der Waals surface area contributed by atoms with E-state index in [1.54, 1.807) is 35.5 Å². The van der Waals surface area contributed by atoms with Crippen LogP contribution in [0.25, 0.3) is 0 Å². The Bertz CT molecular complexity index is 388. The standard InChI is InChI=1S/C13H22N2O3S/c1-9(16)5-7-14(3)12(18)10-8-19-13(2)6-4-11(17)15(10)13/h9-10,16H,4-8H2,1-3H3. The van der Waals surface area contributed by atoms with Crippen molar-refractivity contribution in [1.82, 2.24) is 9.80 Å². The molecule has 0 spiro atoms. The van der Waals surface area contributed by atoms with Gasteiger partial charge < -0.3 is 14.9 Å². The third kappa shape index (κ3) is 2.74. The molecule has 1 N–H and O–H groups in total. The fourth-order valence-corrected chi connectivity index (χ4v) is 4.17. The SMILES string of the molecule is CC(O)CCN(C)C(=O)C1CSC2(C)CCC(=O)N12. The molecule has 2 heterocycles. The third-order valence-corrected chi connectivity index (χ3v) is 5.49. The molecule has 3 unspecified atom stereocenters. The van der Waals surface area contributed by atoms with Crippen LogP contribution in [-0.2, 0) is 9.59 Å². The number of aliphatic hydroxyl groups is 1. The average Bonchev–Trinajstić information content (AvgIpc) is 2.83. The molecule has 0 aromatic rings. The number of hydrogen-bond acceptors (Lipinski definition) is 4. The third-order valence-electron chi connectivity index (χ3n) is 3.99. The van der Waals surface area contributed by atoms with Crippen molar-refractivity contribution in [2.24, 2.45) is 0 Å². The highest BCUT2D eigenvalue weighted by Crippen LogP contribution is 2.47. The number of amides is 2. The van der Waals surface area contributed by atoms with Crippen LogP contribution in [0.3, 0.4) is 0 Å². The Morgan fingerprint density at radius 1 is 1.68 bits per heavy atom. The molecule has 2 aliphatic heterocycles. The first-order valence-electron chi connectivity index (χ1n) is 6.74.